The first-order chi connectivity index (χ1) is 13.3. The molecule has 1 aromatic carbocycles. The molecular weight excluding hydrogens is 376 g/mol. The number of rotatable bonds is 2. The first kappa shape index (κ1) is 18.8. The number of alkyl halides is 3. The van der Waals surface area contributed by atoms with Crippen molar-refractivity contribution in [2.24, 2.45) is 0 Å². The van der Waals surface area contributed by atoms with E-state index in [4.69, 9.17) is 0 Å². The van der Waals surface area contributed by atoms with Crippen molar-refractivity contribution in [3.8, 4) is 0 Å². The molecule has 1 atom stereocenters. The maximum Gasteiger partial charge on any atom is 0.433 e. The number of piperazine rings is 1. The van der Waals surface area contributed by atoms with Crippen LogP contribution in [0.25, 0.3) is 0 Å². The Hall–Kier alpha value is -2.52. The number of aromatic nitrogens is 1. The molecule has 2 aromatic rings. The predicted octanol–water partition coefficient (Wildman–Crippen LogP) is 2.99. The molecule has 2 aliphatic rings. The minimum atomic E-state index is -4.66. The number of pyridine rings is 1. The second kappa shape index (κ2) is 7.14. The van der Waals surface area contributed by atoms with Crippen molar-refractivity contribution >= 4 is 11.6 Å². The number of nitrogens with zero attached hydrogens (tertiary/aromatic N) is 2. The summed E-state index contributed by atoms with van der Waals surface area (Å²) in [5.74, 6) is -1.34. The van der Waals surface area contributed by atoms with Crippen LogP contribution in [0.15, 0.2) is 30.5 Å². The molecule has 0 spiro atoms. The summed E-state index contributed by atoms with van der Waals surface area (Å²) in [6.07, 6.45) is -3.23. The zero-order valence-electron chi connectivity index (χ0n) is 14.8. The summed E-state index contributed by atoms with van der Waals surface area (Å²) in [6.45, 7) is 3.25. The molecule has 148 valence electrons. The minimum absolute atomic E-state index is 0.0358. The van der Waals surface area contributed by atoms with E-state index >= 15 is 4.39 Å². The van der Waals surface area contributed by atoms with E-state index in [2.05, 4.69) is 20.5 Å². The van der Waals surface area contributed by atoms with Gasteiger partial charge in [-0.25, -0.2) is 4.39 Å². The van der Waals surface area contributed by atoms with Crippen molar-refractivity contribution in [2.45, 2.75) is 18.6 Å². The summed E-state index contributed by atoms with van der Waals surface area (Å²) in [7, 11) is 0. The Morgan fingerprint density at radius 1 is 1.25 bits per heavy atom. The number of fused-ring (bicyclic) bond motifs is 3. The van der Waals surface area contributed by atoms with Gasteiger partial charge in [-0.05, 0) is 35.7 Å². The van der Waals surface area contributed by atoms with Gasteiger partial charge in [0.2, 0.25) is 0 Å². The highest BCUT2D eigenvalue weighted by atomic mass is 19.4. The number of carbonyl (C=O) groups is 1. The summed E-state index contributed by atoms with van der Waals surface area (Å²) >= 11 is 0. The maximum atomic E-state index is 15.0. The van der Waals surface area contributed by atoms with Crippen LogP contribution in [0.3, 0.4) is 0 Å². The topological polar surface area (TPSA) is 57.3 Å². The van der Waals surface area contributed by atoms with Crippen LogP contribution in [0.5, 0.6) is 0 Å². The highest BCUT2D eigenvalue weighted by Gasteiger charge is 2.34. The van der Waals surface area contributed by atoms with Crippen LogP contribution < -0.4 is 10.6 Å². The van der Waals surface area contributed by atoms with Crippen LogP contribution in [0.1, 0.15) is 33.2 Å². The molecule has 2 N–H and O–H groups in total. The molecule has 2 aliphatic heterocycles. The zero-order chi connectivity index (χ0) is 19.9. The third-order valence-corrected chi connectivity index (χ3v) is 5.20. The Labute approximate surface area is 158 Å². The van der Waals surface area contributed by atoms with Gasteiger partial charge in [-0.1, -0.05) is 6.07 Å². The number of hydrogen-bond donors (Lipinski definition) is 2. The van der Waals surface area contributed by atoms with E-state index in [-0.39, 0.29) is 17.3 Å². The molecule has 4 rings (SSSR count). The van der Waals surface area contributed by atoms with E-state index in [9.17, 15) is 18.0 Å². The molecule has 28 heavy (non-hydrogen) atoms. The SMILES string of the molecule is O=C(Nc1ccc2c(c1F)CCN1CCNC[C@@H]21)c1ccnc(C(F)(F)F)c1. The number of nitrogens with one attached hydrogen (secondary N) is 2. The lowest BCUT2D eigenvalue weighted by atomic mass is 9.90. The number of hydrogen-bond acceptors (Lipinski definition) is 4. The quantitative estimate of drug-likeness (QED) is 0.769. The molecule has 0 bridgehead atoms. The zero-order valence-corrected chi connectivity index (χ0v) is 14.8. The smallest absolute Gasteiger partial charge is 0.319 e. The molecule has 1 aromatic heterocycles. The van der Waals surface area contributed by atoms with Crippen molar-refractivity contribution < 1.29 is 22.4 Å². The first-order valence-electron chi connectivity index (χ1n) is 8.95. The van der Waals surface area contributed by atoms with Crippen LogP contribution in [0.2, 0.25) is 0 Å². The molecule has 0 saturated carbocycles. The van der Waals surface area contributed by atoms with Crippen LogP contribution in [0, 0.1) is 5.82 Å². The summed E-state index contributed by atoms with van der Waals surface area (Å²) in [5.41, 5.74) is -0.00456. The van der Waals surface area contributed by atoms with Gasteiger partial charge in [-0.3, -0.25) is 14.7 Å². The number of amides is 1. The monoisotopic (exact) mass is 394 g/mol. The third kappa shape index (κ3) is 3.47. The van der Waals surface area contributed by atoms with Gasteiger partial charge < -0.3 is 10.6 Å². The van der Waals surface area contributed by atoms with E-state index in [1.54, 1.807) is 6.07 Å². The first-order valence-corrected chi connectivity index (χ1v) is 8.95. The lowest BCUT2D eigenvalue weighted by Crippen LogP contribution is -2.49. The van der Waals surface area contributed by atoms with Crippen molar-refractivity contribution in [2.75, 3.05) is 31.5 Å². The minimum Gasteiger partial charge on any atom is -0.319 e. The molecular formula is C19H18F4N4O. The molecule has 3 heterocycles. The summed E-state index contributed by atoms with van der Waals surface area (Å²) in [5, 5.41) is 5.69. The van der Waals surface area contributed by atoms with Crippen molar-refractivity contribution in [1.82, 2.24) is 15.2 Å². The van der Waals surface area contributed by atoms with E-state index in [0.29, 0.717) is 18.1 Å². The van der Waals surface area contributed by atoms with Gasteiger partial charge in [0, 0.05) is 44.0 Å². The summed E-state index contributed by atoms with van der Waals surface area (Å²) < 4.78 is 53.4. The van der Waals surface area contributed by atoms with Gasteiger partial charge in [0.05, 0.1) is 5.69 Å². The summed E-state index contributed by atoms with van der Waals surface area (Å²) in [6, 6.07) is 5.15. The van der Waals surface area contributed by atoms with Crippen molar-refractivity contribution in [1.29, 1.82) is 0 Å². The Bertz CT molecular complexity index is 915. The fourth-order valence-corrected chi connectivity index (χ4v) is 3.80. The van der Waals surface area contributed by atoms with E-state index < -0.39 is 23.6 Å². The van der Waals surface area contributed by atoms with Crippen LogP contribution in [-0.2, 0) is 12.6 Å². The van der Waals surface area contributed by atoms with E-state index in [1.807, 2.05) is 0 Å². The Morgan fingerprint density at radius 3 is 2.86 bits per heavy atom. The second-order valence-corrected chi connectivity index (χ2v) is 6.88. The van der Waals surface area contributed by atoms with Crippen LogP contribution >= 0.6 is 0 Å². The number of carbonyl (C=O) groups excluding carboxylic acids is 1. The van der Waals surface area contributed by atoms with E-state index in [0.717, 1.165) is 44.0 Å². The highest BCUT2D eigenvalue weighted by Crippen LogP contribution is 2.35. The standard InChI is InChI=1S/C19H18F4N4O/c20-17-13-4-7-27-8-6-24-10-15(27)12(13)1-2-14(17)26-18(28)11-3-5-25-16(9-11)19(21,22)23/h1-3,5,9,15,24H,4,6-8,10H2,(H,26,28)/t15-/m0/s1. The largest absolute Gasteiger partial charge is 0.433 e. The fourth-order valence-electron chi connectivity index (χ4n) is 3.80. The normalized spacial score (nSPS) is 19.6. The van der Waals surface area contributed by atoms with Gasteiger partial charge in [-0.15, -0.1) is 0 Å². The molecule has 0 unspecified atom stereocenters. The average molecular weight is 394 g/mol. The Kier molecular flexibility index (Phi) is 4.80. The number of benzene rings is 1. The maximum absolute atomic E-state index is 15.0. The van der Waals surface area contributed by atoms with Gasteiger partial charge in [0.1, 0.15) is 11.5 Å². The fraction of sp³-hybridized carbons (Fsp3) is 0.368. The third-order valence-electron chi connectivity index (χ3n) is 5.20. The van der Waals surface area contributed by atoms with Crippen molar-refractivity contribution in [3.05, 3.63) is 58.7 Å². The lowest BCUT2D eigenvalue weighted by Gasteiger charge is -2.41. The molecule has 0 aliphatic carbocycles. The molecule has 1 amide bonds. The highest BCUT2D eigenvalue weighted by molar-refractivity contribution is 6.04. The van der Waals surface area contributed by atoms with Gasteiger partial charge >= 0.3 is 6.18 Å². The van der Waals surface area contributed by atoms with Crippen LogP contribution in [-0.4, -0.2) is 42.0 Å². The van der Waals surface area contributed by atoms with Gasteiger partial charge in [-0.2, -0.15) is 13.2 Å². The van der Waals surface area contributed by atoms with Crippen LogP contribution in [0.4, 0.5) is 23.2 Å². The Morgan fingerprint density at radius 2 is 2.07 bits per heavy atom. The average Bonchev–Trinajstić information content (AvgIpc) is 2.69. The van der Waals surface area contributed by atoms with E-state index in [1.165, 1.54) is 6.07 Å². The summed E-state index contributed by atoms with van der Waals surface area (Å²) in [4.78, 5) is 17.9. The molecule has 0 radical (unpaired) electrons. The molecule has 9 heteroatoms. The number of anilines is 1. The Balaban J connectivity index is 1.59. The number of halogens is 4. The second-order valence-electron chi connectivity index (χ2n) is 6.88. The molecule has 1 saturated heterocycles. The molecule has 1 fully saturated rings. The van der Waals surface area contributed by atoms with Gasteiger partial charge in [0.25, 0.3) is 5.91 Å². The lowest BCUT2D eigenvalue weighted by molar-refractivity contribution is -0.141. The van der Waals surface area contributed by atoms with Crippen molar-refractivity contribution in [3.63, 3.8) is 0 Å². The molecule has 5 nitrogen and oxygen atoms in total. The predicted molar refractivity (Wildman–Crippen MR) is 94.5 cm³/mol. The van der Waals surface area contributed by atoms with Gasteiger partial charge in [0.15, 0.2) is 0 Å².